The van der Waals surface area contributed by atoms with Gasteiger partial charge in [0.25, 0.3) is 5.89 Å². The van der Waals surface area contributed by atoms with Gasteiger partial charge in [-0.3, -0.25) is 4.79 Å². The first kappa shape index (κ1) is 19.7. The molecule has 0 unspecified atom stereocenters. The van der Waals surface area contributed by atoms with Crippen LogP contribution in [0.25, 0.3) is 10.8 Å². The number of methoxy groups -OCH3 is 2. The van der Waals surface area contributed by atoms with Crippen molar-refractivity contribution in [2.45, 2.75) is 19.4 Å². The molecule has 9 heteroatoms. The van der Waals surface area contributed by atoms with Gasteiger partial charge in [-0.25, -0.2) is 4.79 Å². The van der Waals surface area contributed by atoms with Crippen molar-refractivity contribution < 1.29 is 18.7 Å². The molecule has 2 aromatic heterocycles. The summed E-state index contributed by atoms with van der Waals surface area (Å²) in [7, 11) is 3.17. The Labute approximate surface area is 165 Å². The van der Waals surface area contributed by atoms with Gasteiger partial charge in [0.05, 0.1) is 25.6 Å². The van der Waals surface area contributed by atoms with Crippen molar-refractivity contribution in [1.82, 2.24) is 15.1 Å². The van der Waals surface area contributed by atoms with Gasteiger partial charge in [0.2, 0.25) is 5.91 Å². The summed E-state index contributed by atoms with van der Waals surface area (Å²) < 4.78 is 16.8. The lowest BCUT2D eigenvalue weighted by Gasteiger charge is -2.10. The predicted octanol–water partition coefficient (Wildman–Crippen LogP) is 2.33. The fraction of sp³-hybridized carbons (Fsp3) is 0.316. The second kappa shape index (κ2) is 9.23. The molecule has 1 N–H and O–H groups in total. The van der Waals surface area contributed by atoms with Gasteiger partial charge in [-0.15, -0.1) is 16.4 Å². The van der Waals surface area contributed by atoms with E-state index in [4.69, 9.17) is 13.9 Å². The van der Waals surface area contributed by atoms with E-state index in [1.54, 1.807) is 14.2 Å². The zero-order valence-corrected chi connectivity index (χ0v) is 16.5. The quantitative estimate of drug-likeness (QED) is 0.589. The molecule has 0 atom stereocenters. The lowest BCUT2D eigenvalue weighted by atomic mass is 10.1. The largest absolute Gasteiger partial charge is 0.493 e. The van der Waals surface area contributed by atoms with Crippen LogP contribution in [-0.4, -0.2) is 36.5 Å². The first-order valence-corrected chi connectivity index (χ1v) is 9.58. The fourth-order valence-electron chi connectivity index (χ4n) is 2.63. The molecule has 3 rings (SSSR count). The van der Waals surface area contributed by atoms with E-state index < -0.39 is 5.76 Å². The van der Waals surface area contributed by atoms with Gasteiger partial charge >= 0.3 is 5.76 Å². The minimum atomic E-state index is -0.568. The van der Waals surface area contributed by atoms with Crippen LogP contribution in [-0.2, 0) is 17.8 Å². The molecule has 0 radical (unpaired) electrons. The van der Waals surface area contributed by atoms with Crippen LogP contribution in [0.2, 0.25) is 0 Å². The maximum Gasteiger partial charge on any atom is 0.437 e. The lowest BCUT2D eigenvalue weighted by Crippen LogP contribution is -2.28. The number of carbonyl (C=O) groups is 1. The Morgan fingerprint density at radius 1 is 1.25 bits per heavy atom. The fourth-order valence-corrected chi connectivity index (χ4v) is 3.27. The highest BCUT2D eigenvalue weighted by molar-refractivity contribution is 7.13. The number of ether oxygens (including phenoxy) is 2. The van der Waals surface area contributed by atoms with Crippen molar-refractivity contribution in [3.8, 4) is 22.3 Å². The number of nitrogens with zero attached hydrogens (tertiary/aromatic N) is 2. The Kier molecular flexibility index (Phi) is 6.49. The molecule has 28 heavy (non-hydrogen) atoms. The highest BCUT2D eigenvalue weighted by atomic mass is 32.1. The number of carbonyl (C=O) groups excluding carboxylic acids is 1. The molecule has 0 saturated heterocycles. The SMILES string of the molecule is COc1ccc(CCNC(=O)CCn2nc(-c3cccs3)oc2=O)cc1OC. The summed E-state index contributed by atoms with van der Waals surface area (Å²) in [6, 6.07) is 9.31. The Balaban J connectivity index is 1.47. The second-order valence-corrected chi connectivity index (χ2v) is 6.86. The lowest BCUT2D eigenvalue weighted by molar-refractivity contribution is -0.121. The molecule has 0 bridgehead atoms. The van der Waals surface area contributed by atoms with E-state index in [0.717, 1.165) is 10.4 Å². The molecule has 148 valence electrons. The standard InChI is InChI=1S/C19H21N3O5S/c1-25-14-6-5-13(12-15(14)26-2)7-9-20-17(23)8-10-22-19(24)27-18(21-22)16-4-3-11-28-16/h3-6,11-12H,7-10H2,1-2H3,(H,20,23). The van der Waals surface area contributed by atoms with Gasteiger partial charge in [-0.2, -0.15) is 4.68 Å². The third-order valence-corrected chi connectivity index (χ3v) is 4.93. The number of rotatable bonds is 9. The van der Waals surface area contributed by atoms with Crippen LogP contribution in [0.15, 0.2) is 44.9 Å². The maximum atomic E-state index is 12.0. The van der Waals surface area contributed by atoms with Crippen molar-refractivity contribution in [3.63, 3.8) is 0 Å². The van der Waals surface area contributed by atoms with E-state index in [1.807, 2.05) is 35.7 Å². The molecule has 1 aromatic carbocycles. The molecular formula is C19H21N3O5S. The number of aryl methyl sites for hydroxylation is 1. The van der Waals surface area contributed by atoms with Crippen LogP contribution in [0.4, 0.5) is 0 Å². The van der Waals surface area contributed by atoms with Crippen LogP contribution >= 0.6 is 11.3 Å². The molecular weight excluding hydrogens is 382 g/mol. The Morgan fingerprint density at radius 3 is 2.79 bits per heavy atom. The van der Waals surface area contributed by atoms with E-state index in [1.165, 1.54) is 16.0 Å². The van der Waals surface area contributed by atoms with Crippen LogP contribution in [0.1, 0.15) is 12.0 Å². The number of nitrogens with one attached hydrogen (secondary N) is 1. The monoisotopic (exact) mass is 403 g/mol. The first-order chi connectivity index (χ1) is 13.6. The number of amides is 1. The van der Waals surface area contributed by atoms with E-state index >= 15 is 0 Å². The summed E-state index contributed by atoms with van der Waals surface area (Å²) in [4.78, 5) is 24.7. The second-order valence-electron chi connectivity index (χ2n) is 5.91. The van der Waals surface area contributed by atoms with E-state index in [0.29, 0.717) is 24.5 Å². The highest BCUT2D eigenvalue weighted by Crippen LogP contribution is 2.27. The highest BCUT2D eigenvalue weighted by Gasteiger charge is 2.12. The molecule has 2 heterocycles. The summed E-state index contributed by atoms with van der Waals surface area (Å²) in [5.74, 6) is 0.858. The normalized spacial score (nSPS) is 10.6. The van der Waals surface area contributed by atoms with Crippen molar-refractivity contribution in [3.05, 3.63) is 51.8 Å². The summed E-state index contributed by atoms with van der Waals surface area (Å²) in [5.41, 5.74) is 1.02. The minimum absolute atomic E-state index is 0.141. The Bertz CT molecular complexity index is 978. The molecule has 3 aromatic rings. The summed E-state index contributed by atoms with van der Waals surface area (Å²) in [6.45, 7) is 0.637. The number of hydrogen-bond acceptors (Lipinski definition) is 7. The van der Waals surface area contributed by atoms with Crippen molar-refractivity contribution in [2.75, 3.05) is 20.8 Å². The summed E-state index contributed by atoms with van der Waals surface area (Å²) in [6.07, 6.45) is 0.792. The molecule has 0 fully saturated rings. The van der Waals surface area contributed by atoms with Gasteiger partial charge in [0, 0.05) is 13.0 Å². The Hall–Kier alpha value is -3.07. The number of hydrogen-bond donors (Lipinski definition) is 1. The van der Waals surface area contributed by atoms with Crippen molar-refractivity contribution >= 4 is 17.2 Å². The molecule has 0 spiro atoms. The van der Waals surface area contributed by atoms with Gasteiger partial charge in [-0.05, 0) is 35.6 Å². The van der Waals surface area contributed by atoms with E-state index in [9.17, 15) is 9.59 Å². The molecule has 0 aliphatic rings. The smallest absolute Gasteiger partial charge is 0.437 e. The van der Waals surface area contributed by atoms with Crippen LogP contribution in [0.5, 0.6) is 11.5 Å². The van der Waals surface area contributed by atoms with Crippen molar-refractivity contribution in [1.29, 1.82) is 0 Å². The number of benzene rings is 1. The summed E-state index contributed by atoms with van der Waals surface area (Å²) >= 11 is 1.43. The van der Waals surface area contributed by atoms with Crippen LogP contribution < -0.4 is 20.5 Å². The number of aromatic nitrogens is 2. The van der Waals surface area contributed by atoms with E-state index in [2.05, 4.69) is 10.4 Å². The average Bonchev–Trinajstić information content (AvgIpc) is 3.36. The zero-order chi connectivity index (χ0) is 19.9. The zero-order valence-electron chi connectivity index (χ0n) is 15.6. The van der Waals surface area contributed by atoms with Gasteiger partial charge in [0.1, 0.15) is 0 Å². The van der Waals surface area contributed by atoms with Crippen LogP contribution in [0.3, 0.4) is 0 Å². The third-order valence-electron chi connectivity index (χ3n) is 4.07. The maximum absolute atomic E-state index is 12.0. The molecule has 0 saturated carbocycles. The van der Waals surface area contributed by atoms with Crippen molar-refractivity contribution in [2.24, 2.45) is 0 Å². The van der Waals surface area contributed by atoms with Gasteiger partial charge in [-0.1, -0.05) is 12.1 Å². The predicted molar refractivity (Wildman–Crippen MR) is 105 cm³/mol. The topological polar surface area (TPSA) is 95.6 Å². The molecule has 0 aliphatic carbocycles. The van der Waals surface area contributed by atoms with Gasteiger partial charge < -0.3 is 19.2 Å². The first-order valence-electron chi connectivity index (χ1n) is 8.70. The van der Waals surface area contributed by atoms with Crippen LogP contribution in [0, 0.1) is 0 Å². The Morgan fingerprint density at radius 2 is 2.07 bits per heavy atom. The molecule has 8 nitrogen and oxygen atoms in total. The minimum Gasteiger partial charge on any atom is -0.493 e. The van der Waals surface area contributed by atoms with Gasteiger partial charge in [0.15, 0.2) is 11.5 Å². The van der Waals surface area contributed by atoms with E-state index in [-0.39, 0.29) is 24.8 Å². The summed E-state index contributed by atoms with van der Waals surface area (Å²) in [5, 5.41) is 8.84. The third kappa shape index (κ3) is 4.80. The molecule has 1 amide bonds. The average molecular weight is 403 g/mol. The molecule has 0 aliphatic heterocycles. The number of thiophene rings is 1.